The predicted molar refractivity (Wildman–Crippen MR) is 78.4 cm³/mol. The number of rotatable bonds is 3. The Morgan fingerprint density at radius 2 is 2.10 bits per heavy atom. The molecule has 1 amide bonds. The van der Waals surface area contributed by atoms with Gasteiger partial charge in [0.1, 0.15) is 5.60 Å². The van der Waals surface area contributed by atoms with Crippen molar-refractivity contribution in [3.63, 3.8) is 0 Å². The Labute approximate surface area is 124 Å². The normalized spacial score (nSPS) is 18.5. The first-order chi connectivity index (χ1) is 9.89. The lowest BCUT2D eigenvalue weighted by Crippen LogP contribution is -2.36. The van der Waals surface area contributed by atoms with Gasteiger partial charge >= 0.3 is 6.09 Å². The van der Waals surface area contributed by atoms with Crippen LogP contribution < -0.4 is 10.1 Å². The van der Waals surface area contributed by atoms with E-state index in [1.54, 1.807) is 24.4 Å². The van der Waals surface area contributed by atoms with E-state index in [1.807, 2.05) is 20.8 Å². The highest BCUT2D eigenvalue weighted by Crippen LogP contribution is 2.22. The fourth-order valence-corrected chi connectivity index (χ4v) is 2.14. The summed E-state index contributed by atoms with van der Waals surface area (Å²) in [5, 5.41) is 3.26. The zero-order valence-corrected chi connectivity index (χ0v) is 12.9. The number of nitrogens with zero attached hydrogens (tertiary/aromatic N) is 3. The van der Waals surface area contributed by atoms with Crippen LogP contribution >= 0.6 is 0 Å². The highest BCUT2D eigenvalue weighted by molar-refractivity contribution is 5.68. The molecule has 1 aliphatic rings. The van der Waals surface area contributed by atoms with Crippen LogP contribution in [-0.2, 0) is 4.74 Å². The molecule has 116 valence electrons. The number of hydrogen-bond donors (Lipinski definition) is 1. The van der Waals surface area contributed by atoms with Gasteiger partial charge in [0.15, 0.2) is 5.82 Å². The van der Waals surface area contributed by atoms with Crippen LogP contribution in [0.25, 0.3) is 0 Å². The number of carbonyl (C=O) groups is 1. The number of hydrogen-bond acceptors (Lipinski definition) is 6. The van der Waals surface area contributed by atoms with Gasteiger partial charge in [0.25, 0.3) is 5.88 Å². The van der Waals surface area contributed by atoms with Crippen LogP contribution in [0.15, 0.2) is 12.4 Å². The third kappa shape index (κ3) is 4.21. The number of methoxy groups -OCH3 is 1. The summed E-state index contributed by atoms with van der Waals surface area (Å²) in [5.74, 6) is 1.05. The standard InChI is InChI=1S/C14H22N4O3/c1-14(2,3)21-13(19)18-8-5-10(9-18)17-11-12(20-4)16-7-6-15-11/h6-7,10H,5,8-9H2,1-4H3,(H,15,17)/t10-/m0/s1. The molecule has 1 aromatic rings. The molecule has 7 heteroatoms. The van der Waals surface area contributed by atoms with Gasteiger partial charge in [-0.2, -0.15) is 0 Å². The van der Waals surface area contributed by atoms with Crippen molar-refractivity contribution >= 4 is 11.9 Å². The minimum atomic E-state index is -0.475. The lowest BCUT2D eigenvalue weighted by molar-refractivity contribution is 0.0293. The molecule has 1 fully saturated rings. The topological polar surface area (TPSA) is 76.6 Å². The first-order valence-corrected chi connectivity index (χ1v) is 6.98. The quantitative estimate of drug-likeness (QED) is 0.917. The van der Waals surface area contributed by atoms with Gasteiger partial charge in [0.2, 0.25) is 0 Å². The van der Waals surface area contributed by atoms with E-state index in [0.29, 0.717) is 24.8 Å². The monoisotopic (exact) mass is 294 g/mol. The second-order valence-corrected chi connectivity index (χ2v) is 5.97. The molecule has 0 radical (unpaired) electrons. The van der Waals surface area contributed by atoms with E-state index in [0.717, 1.165) is 6.42 Å². The van der Waals surface area contributed by atoms with Crippen molar-refractivity contribution in [2.45, 2.75) is 38.8 Å². The van der Waals surface area contributed by atoms with Gasteiger partial charge < -0.3 is 19.7 Å². The second kappa shape index (κ2) is 6.15. The number of carbonyl (C=O) groups excluding carboxylic acids is 1. The van der Waals surface area contributed by atoms with E-state index in [-0.39, 0.29) is 12.1 Å². The summed E-state index contributed by atoms with van der Waals surface area (Å²) in [6, 6.07) is 0.114. The average molecular weight is 294 g/mol. The van der Waals surface area contributed by atoms with Crippen LogP contribution in [-0.4, -0.2) is 52.8 Å². The van der Waals surface area contributed by atoms with Gasteiger partial charge in [-0.05, 0) is 27.2 Å². The van der Waals surface area contributed by atoms with Crippen LogP contribution in [0, 0.1) is 0 Å². The third-order valence-electron chi connectivity index (χ3n) is 3.04. The van der Waals surface area contributed by atoms with E-state index >= 15 is 0 Å². The third-order valence-corrected chi connectivity index (χ3v) is 3.04. The summed E-state index contributed by atoms with van der Waals surface area (Å²) < 4.78 is 10.5. The zero-order valence-electron chi connectivity index (χ0n) is 12.9. The summed E-state index contributed by atoms with van der Waals surface area (Å²) in [7, 11) is 1.55. The Morgan fingerprint density at radius 1 is 1.38 bits per heavy atom. The van der Waals surface area contributed by atoms with E-state index in [2.05, 4.69) is 15.3 Å². The molecule has 0 unspecified atom stereocenters. The maximum Gasteiger partial charge on any atom is 0.410 e. The summed E-state index contributed by atoms with van der Waals surface area (Å²) in [6.07, 6.45) is 3.73. The number of amides is 1. The van der Waals surface area contributed by atoms with Gasteiger partial charge in [-0.25, -0.2) is 14.8 Å². The average Bonchev–Trinajstić information content (AvgIpc) is 2.86. The fourth-order valence-electron chi connectivity index (χ4n) is 2.14. The largest absolute Gasteiger partial charge is 0.478 e. The first kappa shape index (κ1) is 15.3. The lowest BCUT2D eigenvalue weighted by Gasteiger charge is -2.24. The van der Waals surface area contributed by atoms with Gasteiger partial charge in [-0.3, -0.25) is 0 Å². The molecule has 0 aliphatic carbocycles. The molecule has 7 nitrogen and oxygen atoms in total. The predicted octanol–water partition coefficient (Wildman–Crippen LogP) is 1.91. The molecule has 1 aromatic heterocycles. The maximum absolute atomic E-state index is 12.0. The van der Waals surface area contributed by atoms with Crippen LogP contribution in [0.5, 0.6) is 5.88 Å². The minimum Gasteiger partial charge on any atom is -0.478 e. The van der Waals surface area contributed by atoms with Crippen LogP contribution in [0.2, 0.25) is 0 Å². The Hall–Kier alpha value is -2.05. The Morgan fingerprint density at radius 3 is 2.76 bits per heavy atom. The number of aromatic nitrogens is 2. The van der Waals surface area contributed by atoms with Gasteiger partial charge in [0.05, 0.1) is 7.11 Å². The molecule has 0 spiro atoms. The van der Waals surface area contributed by atoms with Crippen molar-refractivity contribution in [3.8, 4) is 5.88 Å². The Kier molecular flexibility index (Phi) is 4.50. The Balaban J connectivity index is 1.92. The number of likely N-dealkylation sites (tertiary alicyclic amines) is 1. The minimum absolute atomic E-state index is 0.114. The zero-order chi connectivity index (χ0) is 15.5. The van der Waals surface area contributed by atoms with Crippen molar-refractivity contribution in [2.24, 2.45) is 0 Å². The highest BCUT2D eigenvalue weighted by atomic mass is 16.6. The molecule has 1 N–H and O–H groups in total. The molecule has 2 rings (SSSR count). The molecule has 0 bridgehead atoms. The molecule has 0 aromatic carbocycles. The van der Waals surface area contributed by atoms with Crippen molar-refractivity contribution in [2.75, 3.05) is 25.5 Å². The van der Waals surface area contributed by atoms with Crippen molar-refractivity contribution < 1.29 is 14.3 Å². The first-order valence-electron chi connectivity index (χ1n) is 6.98. The fraction of sp³-hybridized carbons (Fsp3) is 0.643. The summed E-state index contributed by atoms with van der Waals surface area (Å²) >= 11 is 0. The molecular weight excluding hydrogens is 272 g/mol. The van der Waals surface area contributed by atoms with Crippen molar-refractivity contribution in [3.05, 3.63) is 12.4 Å². The number of nitrogens with one attached hydrogen (secondary N) is 1. The molecule has 0 saturated carbocycles. The number of ether oxygens (including phenoxy) is 2. The highest BCUT2D eigenvalue weighted by Gasteiger charge is 2.30. The molecule has 21 heavy (non-hydrogen) atoms. The van der Waals surface area contributed by atoms with Crippen LogP contribution in [0.1, 0.15) is 27.2 Å². The molecule has 2 heterocycles. The Bertz CT molecular complexity index is 501. The van der Waals surface area contributed by atoms with E-state index in [9.17, 15) is 4.79 Å². The molecular formula is C14H22N4O3. The van der Waals surface area contributed by atoms with E-state index in [4.69, 9.17) is 9.47 Å². The van der Waals surface area contributed by atoms with Crippen molar-refractivity contribution in [1.82, 2.24) is 14.9 Å². The molecule has 1 saturated heterocycles. The smallest absolute Gasteiger partial charge is 0.410 e. The molecule has 1 atom stereocenters. The van der Waals surface area contributed by atoms with Gasteiger partial charge in [0, 0.05) is 31.5 Å². The summed E-state index contributed by atoms with van der Waals surface area (Å²) in [5.41, 5.74) is -0.475. The van der Waals surface area contributed by atoms with Gasteiger partial charge in [-0.15, -0.1) is 0 Å². The lowest BCUT2D eigenvalue weighted by atomic mass is 10.2. The summed E-state index contributed by atoms with van der Waals surface area (Å²) in [6.45, 7) is 6.83. The SMILES string of the molecule is COc1nccnc1N[C@H]1CCN(C(=O)OC(C)(C)C)C1. The van der Waals surface area contributed by atoms with E-state index in [1.165, 1.54) is 0 Å². The van der Waals surface area contributed by atoms with Gasteiger partial charge in [-0.1, -0.05) is 0 Å². The summed E-state index contributed by atoms with van der Waals surface area (Å²) in [4.78, 5) is 22.0. The van der Waals surface area contributed by atoms with E-state index < -0.39 is 5.60 Å². The second-order valence-electron chi connectivity index (χ2n) is 5.97. The van der Waals surface area contributed by atoms with Crippen LogP contribution in [0.4, 0.5) is 10.6 Å². The van der Waals surface area contributed by atoms with Crippen LogP contribution in [0.3, 0.4) is 0 Å². The number of anilines is 1. The van der Waals surface area contributed by atoms with Crippen molar-refractivity contribution in [1.29, 1.82) is 0 Å². The maximum atomic E-state index is 12.0. The molecule has 1 aliphatic heterocycles.